The Labute approximate surface area is 160 Å². The number of hydrogen-bond donors (Lipinski definition) is 1. The molecule has 2 aromatic rings. The van der Waals surface area contributed by atoms with Gasteiger partial charge in [-0.05, 0) is 36.1 Å². The summed E-state index contributed by atoms with van der Waals surface area (Å²) in [6, 6.07) is 18.3. The highest BCUT2D eigenvalue weighted by molar-refractivity contribution is 6.30. The molecule has 0 bridgehead atoms. The average Bonchev–Trinajstić information content (AvgIpc) is 2.68. The molecule has 2 aromatic carbocycles. The van der Waals surface area contributed by atoms with Gasteiger partial charge in [-0.2, -0.15) is 0 Å². The molecule has 5 heteroatoms. The van der Waals surface area contributed by atoms with Gasteiger partial charge in [-0.15, -0.1) is 0 Å². The molecule has 0 saturated carbocycles. The molecule has 1 saturated heterocycles. The number of amides is 2. The standard InChI is InChI=1S/C21H26ClN3O/c22-20-8-4-7-19(17-20)10-12-24-13-15-25(16-14-24)21(26)23-11-9-18-5-2-1-3-6-18/h1-8,17H,9-16H2,(H,23,26). The van der Waals surface area contributed by atoms with E-state index in [2.05, 4.69) is 28.4 Å². The van der Waals surface area contributed by atoms with Gasteiger partial charge in [0, 0.05) is 44.3 Å². The Bertz CT molecular complexity index is 699. The van der Waals surface area contributed by atoms with E-state index < -0.39 is 0 Å². The quantitative estimate of drug-likeness (QED) is 0.844. The molecule has 2 amide bonds. The lowest BCUT2D eigenvalue weighted by atomic mass is 10.1. The van der Waals surface area contributed by atoms with Gasteiger partial charge < -0.3 is 10.2 Å². The van der Waals surface area contributed by atoms with Crippen molar-refractivity contribution in [3.8, 4) is 0 Å². The number of rotatable bonds is 6. The van der Waals surface area contributed by atoms with Crippen LogP contribution in [0.4, 0.5) is 4.79 Å². The van der Waals surface area contributed by atoms with Crippen molar-refractivity contribution in [3.63, 3.8) is 0 Å². The molecule has 0 unspecified atom stereocenters. The lowest BCUT2D eigenvalue weighted by molar-refractivity contribution is 0.140. The average molecular weight is 372 g/mol. The topological polar surface area (TPSA) is 35.6 Å². The van der Waals surface area contributed by atoms with Crippen LogP contribution in [0.1, 0.15) is 11.1 Å². The van der Waals surface area contributed by atoms with Gasteiger partial charge in [0.2, 0.25) is 0 Å². The Hall–Kier alpha value is -2.04. The van der Waals surface area contributed by atoms with Gasteiger partial charge in [0.25, 0.3) is 0 Å². The lowest BCUT2D eigenvalue weighted by Gasteiger charge is -2.34. The van der Waals surface area contributed by atoms with Crippen molar-refractivity contribution >= 4 is 17.6 Å². The van der Waals surface area contributed by atoms with Crippen LogP contribution in [-0.4, -0.2) is 55.1 Å². The molecule has 0 radical (unpaired) electrons. The normalized spacial score (nSPS) is 15.0. The molecule has 138 valence electrons. The van der Waals surface area contributed by atoms with E-state index in [1.54, 1.807) is 0 Å². The van der Waals surface area contributed by atoms with E-state index in [4.69, 9.17) is 11.6 Å². The van der Waals surface area contributed by atoms with Crippen LogP contribution >= 0.6 is 11.6 Å². The summed E-state index contributed by atoms with van der Waals surface area (Å²) in [4.78, 5) is 16.6. The highest BCUT2D eigenvalue weighted by atomic mass is 35.5. The molecule has 0 spiro atoms. The maximum absolute atomic E-state index is 12.3. The summed E-state index contributed by atoms with van der Waals surface area (Å²) < 4.78 is 0. The van der Waals surface area contributed by atoms with Crippen LogP contribution in [0.3, 0.4) is 0 Å². The van der Waals surface area contributed by atoms with Gasteiger partial charge in [0.15, 0.2) is 0 Å². The fraction of sp³-hybridized carbons (Fsp3) is 0.381. The third-order valence-electron chi connectivity index (χ3n) is 4.80. The van der Waals surface area contributed by atoms with Crippen molar-refractivity contribution < 1.29 is 4.79 Å². The van der Waals surface area contributed by atoms with E-state index in [-0.39, 0.29) is 6.03 Å². The molecule has 1 heterocycles. The van der Waals surface area contributed by atoms with Crippen molar-refractivity contribution in [2.75, 3.05) is 39.3 Å². The van der Waals surface area contributed by atoms with Crippen LogP contribution in [0.2, 0.25) is 5.02 Å². The van der Waals surface area contributed by atoms with Crippen molar-refractivity contribution in [1.82, 2.24) is 15.1 Å². The predicted octanol–water partition coefficient (Wildman–Crippen LogP) is 3.45. The number of carbonyl (C=O) groups is 1. The van der Waals surface area contributed by atoms with E-state index in [1.807, 2.05) is 41.3 Å². The number of nitrogens with one attached hydrogen (secondary N) is 1. The number of carbonyl (C=O) groups excluding carboxylic acids is 1. The minimum atomic E-state index is 0.0513. The molecule has 1 N–H and O–H groups in total. The Balaban J connectivity index is 1.34. The summed E-state index contributed by atoms with van der Waals surface area (Å²) in [7, 11) is 0. The van der Waals surface area contributed by atoms with Crippen LogP contribution in [-0.2, 0) is 12.8 Å². The van der Waals surface area contributed by atoms with Crippen molar-refractivity contribution in [2.45, 2.75) is 12.8 Å². The molecular weight excluding hydrogens is 346 g/mol. The van der Waals surface area contributed by atoms with Gasteiger partial charge >= 0.3 is 6.03 Å². The van der Waals surface area contributed by atoms with Crippen LogP contribution in [0.5, 0.6) is 0 Å². The minimum Gasteiger partial charge on any atom is -0.338 e. The fourth-order valence-corrected chi connectivity index (χ4v) is 3.44. The van der Waals surface area contributed by atoms with Crippen molar-refractivity contribution in [2.24, 2.45) is 0 Å². The number of urea groups is 1. The number of hydrogen-bond acceptors (Lipinski definition) is 2. The van der Waals surface area contributed by atoms with Crippen LogP contribution in [0.15, 0.2) is 54.6 Å². The summed E-state index contributed by atoms with van der Waals surface area (Å²) in [5.41, 5.74) is 2.51. The van der Waals surface area contributed by atoms with Crippen molar-refractivity contribution in [3.05, 3.63) is 70.7 Å². The SMILES string of the molecule is O=C(NCCc1ccccc1)N1CCN(CCc2cccc(Cl)c2)CC1. The molecule has 1 fully saturated rings. The van der Waals surface area contributed by atoms with E-state index in [1.165, 1.54) is 11.1 Å². The maximum atomic E-state index is 12.3. The number of piperazine rings is 1. The monoisotopic (exact) mass is 371 g/mol. The van der Waals surface area contributed by atoms with E-state index >= 15 is 0 Å². The first-order valence-electron chi connectivity index (χ1n) is 9.24. The van der Waals surface area contributed by atoms with Gasteiger partial charge in [0.05, 0.1) is 0 Å². The second-order valence-electron chi connectivity index (χ2n) is 6.68. The summed E-state index contributed by atoms with van der Waals surface area (Å²) in [5.74, 6) is 0. The van der Waals surface area contributed by atoms with Crippen LogP contribution in [0.25, 0.3) is 0 Å². The first kappa shape index (κ1) is 18.7. The Morgan fingerprint density at radius 2 is 1.65 bits per heavy atom. The molecule has 0 aliphatic carbocycles. The summed E-state index contributed by atoms with van der Waals surface area (Å²) in [6.07, 6.45) is 1.86. The lowest BCUT2D eigenvalue weighted by Crippen LogP contribution is -2.52. The third-order valence-corrected chi connectivity index (χ3v) is 5.03. The zero-order valence-corrected chi connectivity index (χ0v) is 15.8. The first-order valence-corrected chi connectivity index (χ1v) is 9.62. The van der Waals surface area contributed by atoms with Crippen LogP contribution < -0.4 is 5.32 Å². The zero-order chi connectivity index (χ0) is 18.2. The Kier molecular flexibility index (Phi) is 6.92. The zero-order valence-electron chi connectivity index (χ0n) is 15.0. The number of benzene rings is 2. The van der Waals surface area contributed by atoms with Gasteiger partial charge in [-0.3, -0.25) is 4.90 Å². The van der Waals surface area contributed by atoms with Gasteiger partial charge in [-0.25, -0.2) is 4.79 Å². The molecule has 3 rings (SSSR count). The molecule has 26 heavy (non-hydrogen) atoms. The molecule has 1 aliphatic heterocycles. The minimum absolute atomic E-state index is 0.0513. The second-order valence-corrected chi connectivity index (χ2v) is 7.11. The largest absolute Gasteiger partial charge is 0.338 e. The van der Waals surface area contributed by atoms with Gasteiger partial charge in [0.1, 0.15) is 0 Å². The molecule has 1 aliphatic rings. The summed E-state index contributed by atoms with van der Waals surface area (Å²) >= 11 is 6.04. The number of halogens is 1. The van der Waals surface area contributed by atoms with E-state index in [0.29, 0.717) is 6.54 Å². The van der Waals surface area contributed by atoms with Gasteiger partial charge in [-0.1, -0.05) is 54.1 Å². The summed E-state index contributed by atoms with van der Waals surface area (Å²) in [5, 5.41) is 3.82. The second kappa shape index (κ2) is 9.60. The van der Waals surface area contributed by atoms with Crippen LogP contribution in [0, 0.1) is 0 Å². The maximum Gasteiger partial charge on any atom is 0.317 e. The fourth-order valence-electron chi connectivity index (χ4n) is 3.22. The highest BCUT2D eigenvalue weighted by Crippen LogP contribution is 2.12. The molecule has 0 aromatic heterocycles. The molecular formula is C21H26ClN3O. The van der Waals surface area contributed by atoms with E-state index in [0.717, 1.165) is 50.6 Å². The van der Waals surface area contributed by atoms with Crippen molar-refractivity contribution in [1.29, 1.82) is 0 Å². The first-order chi connectivity index (χ1) is 12.7. The molecule has 4 nitrogen and oxygen atoms in total. The highest BCUT2D eigenvalue weighted by Gasteiger charge is 2.20. The Morgan fingerprint density at radius 1 is 0.923 bits per heavy atom. The number of nitrogens with zero attached hydrogens (tertiary/aromatic N) is 2. The third kappa shape index (κ3) is 5.75. The molecule has 0 atom stereocenters. The smallest absolute Gasteiger partial charge is 0.317 e. The summed E-state index contributed by atoms with van der Waals surface area (Å²) in [6.45, 7) is 5.10. The Morgan fingerprint density at radius 3 is 2.38 bits per heavy atom. The predicted molar refractivity (Wildman–Crippen MR) is 107 cm³/mol. The van der Waals surface area contributed by atoms with E-state index in [9.17, 15) is 4.79 Å².